The lowest BCUT2D eigenvalue weighted by Gasteiger charge is -2.34. The van der Waals surface area contributed by atoms with Crippen LogP contribution in [0.4, 0.5) is 28.4 Å². The van der Waals surface area contributed by atoms with Crippen LogP contribution in [-0.4, -0.2) is 0 Å². The summed E-state index contributed by atoms with van der Waals surface area (Å²) in [6.45, 7) is 31.1. The van der Waals surface area contributed by atoms with Crippen LogP contribution in [0.3, 0.4) is 0 Å². The minimum atomic E-state index is 0.0181. The van der Waals surface area contributed by atoms with Gasteiger partial charge in [0.25, 0.3) is 0 Å². The number of benzene rings is 7. The fraction of sp³-hybridized carbons (Fsp3) is 0.435. The largest absolute Gasteiger partial charge is 0.311 e. The van der Waals surface area contributed by atoms with Crippen molar-refractivity contribution in [3.63, 3.8) is 0 Å². The van der Waals surface area contributed by atoms with Gasteiger partial charge in [-0.25, -0.2) is 0 Å². The van der Waals surface area contributed by atoms with Crippen molar-refractivity contribution < 1.29 is 0 Å². The number of aryl methyl sites for hydroxylation is 1. The summed E-state index contributed by atoms with van der Waals surface area (Å²) in [4.78, 5) is 4.75. The van der Waals surface area contributed by atoms with Gasteiger partial charge in [-0.3, -0.25) is 0 Å². The number of allylic oxidation sites excluding steroid dienone is 4. The quantitative estimate of drug-likeness (QED) is 0.0299. The molecule has 464 valence electrons. The molecule has 0 aliphatic heterocycles. The molecule has 0 atom stereocenters. The Morgan fingerprint density at radius 2 is 0.920 bits per heavy atom. The molecule has 87 heavy (non-hydrogen) atoms. The highest BCUT2D eigenvalue weighted by Crippen LogP contribution is 2.56. The molecule has 0 unspecified atom stereocenters. The van der Waals surface area contributed by atoms with Crippen molar-refractivity contribution >= 4 is 28.4 Å². The molecule has 0 heterocycles. The van der Waals surface area contributed by atoms with Gasteiger partial charge < -0.3 is 9.80 Å². The molecular formula is C85H114N2. The molecule has 0 amide bonds. The summed E-state index contributed by atoms with van der Waals surface area (Å²) in [7, 11) is 0. The van der Waals surface area contributed by atoms with Crippen molar-refractivity contribution in [1.29, 1.82) is 0 Å². The number of anilines is 5. The molecule has 2 heteroatoms. The molecule has 0 saturated heterocycles. The van der Waals surface area contributed by atoms with E-state index in [4.69, 9.17) is 0 Å². The number of nitrogens with zero attached hydrogens (tertiary/aromatic N) is 2. The first kappa shape index (κ1) is 69.5. The van der Waals surface area contributed by atoms with E-state index in [-0.39, 0.29) is 10.8 Å². The van der Waals surface area contributed by atoms with Crippen LogP contribution < -0.4 is 9.80 Å². The molecule has 1 aliphatic rings. The van der Waals surface area contributed by atoms with Gasteiger partial charge in [-0.1, -0.05) is 302 Å². The van der Waals surface area contributed by atoms with Crippen LogP contribution >= 0.6 is 0 Å². The summed E-state index contributed by atoms with van der Waals surface area (Å²) in [5.41, 5.74) is 20.9. The fourth-order valence-electron chi connectivity index (χ4n) is 12.3. The summed E-state index contributed by atoms with van der Waals surface area (Å²) in [5, 5.41) is 0. The van der Waals surface area contributed by atoms with E-state index in [9.17, 15) is 0 Å². The van der Waals surface area contributed by atoms with Crippen molar-refractivity contribution in [3.8, 4) is 33.4 Å². The third-order valence-corrected chi connectivity index (χ3v) is 18.4. The fourth-order valence-corrected chi connectivity index (χ4v) is 12.3. The number of para-hydroxylation sites is 1. The van der Waals surface area contributed by atoms with Gasteiger partial charge in [-0.2, -0.15) is 0 Å². The topological polar surface area (TPSA) is 6.48 Å². The highest BCUT2D eigenvalue weighted by atomic mass is 15.1. The Morgan fingerprint density at radius 3 is 1.41 bits per heavy atom. The molecule has 8 rings (SSSR count). The zero-order valence-corrected chi connectivity index (χ0v) is 56.6. The monoisotopic (exact) mass is 1160 g/mol. The summed E-state index contributed by atoms with van der Waals surface area (Å²) in [6.07, 6.45) is 36.2. The van der Waals surface area contributed by atoms with Crippen LogP contribution in [-0.2, 0) is 17.3 Å². The molecule has 0 aromatic heterocycles. The Hall–Kier alpha value is -6.64. The first-order chi connectivity index (χ1) is 42.4. The Balaban J connectivity index is 0.00000164. The molecule has 7 aromatic carbocycles. The van der Waals surface area contributed by atoms with E-state index >= 15 is 0 Å². The first-order valence-corrected chi connectivity index (χ1v) is 34.8. The second-order valence-electron chi connectivity index (χ2n) is 25.5. The maximum atomic E-state index is 4.08. The molecular weight excluding hydrogens is 1050 g/mol. The average molecular weight is 1160 g/mol. The van der Waals surface area contributed by atoms with Crippen LogP contribution in [0, 0.1) is 5.92 Å². The highest BCUT2D eigenvalue weighted by Gasteiger charge is 2.43. The third kappa shape index (κ3) is 19.2. The van der Waals surface area contributed by atoms with E-state index in [0.29, 0.717) is 0 Å². The maximum absolute atomic E-state index is 4.08. The summed E-state index contributed by atoms with van der Waals surface area (Å²) in [5.74, 6) is 0.884. The molecule has 1 aliphatic carbocycles. The van der Waals surface area contributed by atoms with Gasteiger partial charge in [-0.05, 0) is 184 Å². The average Bonchev–Trinajstić information content (AvgIpc) is 1.60. The lowest BCUT2D eigenvalue weighted by Crippen LogP contribution is -2.26. The predicted molar refractivity (Wildman–Crippen MR) is 388 cm³/mol. The molecule has 0 N–H and O–H groups in total. The van der Waals surface area contributed by atoms with Gasteiger partial charge in [-0.15, -0.1) is 0 Å². The van der Waals surface area contributed by atoms with Crippen LogP contribution in [0.5, 0.6) is 0 Å². The van der Waals surface area contributed by atoms with E-state index in [1.165, 1.54) is 172 Å². The van der Waals surface area contributed by atoms with Crippen LogP contribution in [0.15, 0.2) is 200 Å². The van der Waals surface area contributed by atoms with Crippen molar-refractivity contribution in [2.75, 3.05) is 9.80 Å². The van der Waals surface area contributed by atoms with Gasteiger partial charge in [0, 0.05) is 39.5 Å². The Kier molecular flexibility index (Phi) is 29.2. The number of hydrogen-bond donors (Lipinski definition) is 0. The SMILES string of the molecule is C=C/C=C(\C=C/CCCC)N(c1ccccc1)c1ccc(-c2ccc(N(c3ccc(CCCC)cc3)c3ccc(-c4ccc5c(c4)C(CCCCCCCC)(CCCCCCCC)c4cc(C(C)(C)CC)ccc4-5)cc3)cc2)cc1.CC.CCC(C)C. The number of fused-ring (bicyclic) bond motifs is 3. The van der Waals surface area contributed by atoms with E-state index in [0.717, 1.165) is 53.6 Å². The smallest absolute Gasteiger partial charge is 0.0462 e. The Bertz CT molecular complexity index is 3100. The van der Waals surface area contributed by atoms with Gasteiger partial charge in [0.15, 0.2) is 0 Å². The molecule has 2 nitrogen and oxygen atoms in total. The lowest BCUT2D eigenvalue weighted by molar-refractivity contribution is 0.396. The number of unbranched alkanes of at least 4 members (excludes halogenated alkanes) is 13. The molecule has 0 fully saturated rings. The lowest BCUT2D eigenvalue weighted by atomic mass is 9.69. The molecule has 0 bridgehead atoms. The zero-order valence-electron chi connectivity index (χ0n) is 56.6. The second-order valence-corrected chi connectivity index (χ2v) is 25.5. The van der Waals surface area contributed by atoms with E-state index in [1.54, 1.807) is 11.1 Å². The minimum absolute atomic E-state index is 0.0181. The molecule has 0 spiro atoms. The van der Waals surface area contributed by atoms with Crippen molar-refractivity contribution in [3.05, 3.63) is 223 Å². The van der Waals surface area contributed by atoms with Crippen LogP contribution in [0.1, 0.15) is 240 Å². The van der Waals surface area contributed by atoms with Gasteiger partial charge in [0.2, 0.25) is 0 Å². The molecule has 0 saturated carbocycles. The summed E-state index contributed by atoms with van der Waals surface area (Å²) >= 11 is 0. The van der Waals surface area contributed by atoms with Crippen LogP contribution in [0.25, 0.3) is 33.4 Å². The van der Waals surface area contributed by atoms with E-state index in [1.807, 2.05) is 19.9 Å². The molecule has 7 aromatic rings. The summed E-state index contributed by atoms with van der Waals surface area (Å²) < 4.78 is 0. The van der Waals surface area contributed by atoms with Gasteiger partial charge >= 0.3 is 0 Å². The van der Waals surface area contributed by atoms with Crippen molar-refractivity contribution in [2.24, 2.45) is 5.92 Å². The van der Waals surface area contributed by atoms with E-state index < -0.39 is 0 Å². The van der Waals surface area contributed by atoms with Crippen molar-refractivity contribution in [2.45, 2.75) is 235 Å². The molecule has 0 radical (unpaired) electrons. The third-order valence-electron chi connectivity index (χ3n) is 18.4. The predicted octanol–water partition coefficient (Wildman–Crippen LogP) is 27.3. The van der Waals surface area contributed by atoms with Crippen molar-refractivity contribution in [1.82, 2.24) is 0 Å². The normalized spacial score (nSPS) is 12.5. The Labute approximate surface area is 532 Å². The number of hydrogen-bond acceptors (Lipinski definition) is 2. The van der Waals surface area contributed by atoms with Gasteiger partial charge in [0.05, 0.1) is 0 Å². The van der Waals surface area contributed by atoms with Crippen LogP contribution in [0.2, 0.25) is 0 Å². The first-order valence-electron chi connectivity index (χ1n) is 34.8. The Morgan fingerprint density at radius 1 is 0.483 bits per heavy atom. The maximum Gasteiger partial charge on any atom is 0.0462 e. The standard InChI is InChI=1S/C78H96N2.C5H12.C2H6/c1-9-15-19-22-24-30-57-78(58-31-25-23-20-16-10-2)75-59-65(45-55-73(75)74-56-46-66(60-76(74)78)77(7,8)14-6)64-43-53-72(54-44-64)80(69-47-37-61(38-48-69)33-18-12-4)71-51-41-63(42-52-71)62-39-49-70(50-40-62)79(68-35-28-26-29-36-68)67(32-13-5)34-27-21-17-11-3;1-4-5(2)3;1-2/h13,26-29,32,34-56,59-60H,5,9-12,14-25,30-31,33,57-58H2,1-4,6-8H3;5H,4H2,1-3H3;1-2H3/b34-27-,67-32+;;. The zero-order chi connectivity index (χ0) is 62.4. The second kappa shape index (κ2) is 36.6. The highest BCUT2D eigenvalue weighted by molar-refractivity contribution is 5.86. The summed E-state index contributed by atoms with van der Waals surface area (Å²) in [6, 6.07) is 62.7. The minimum Gasteiger partial charge on any atom is -0.311 e. The van der Waals surface area contributed by atoms with E-state index in [2.05, 4.69) is 268 Å². The van der Waals surface area contributed by atoms with Gasteiger partial charge in [0.1, 0.15) is 0 Å². The number of rotatable bonds is 33.